The molecule has 0 aliphatic heterocycles. The van der Waals surface area contributed by atoms with Crippen molar-refractivity contribution in [2.45, 2.75) is 6.92 Å². The van der Waals surface area contributed by atoms with Crippen LogP contribution >= 0.6 is 0 Å². The number of pyridine rings is 1. The molecule has 9 heteroatoms. The molecule has 128 valence electrons. The van der Waals surface area contributed by atoms with Gasteiger partial charge in [0.2, 0.25) is 11.9 Å². The monoisotopic (exact) mass is 346 g/mol. The third-order valence-electron chi connectivity index (χ3n) is 3.52. The highest BCUT2D eigenvalue weighted by molar-refractivity contribution is 5.87. The average molecular weight is 346 g/mol. The molecule has 0 unspecified atom stereocenters. The van der Waals surface area contributed by atoms with Gasteiger partial charge in [-0.25, -0.2) is 9.97 Å². The first kappa shape index (κ1) is 15.6. The molecule has 1 aromatic carbocycles. The fraction of sp³-hybridized carbons (Fsp3) is 0.0588. The summed E-state index contributed by atoms with van der Waals surface area (Å²) in [5, 5.41) is 13.9. The van der Waals surface area contributed by atoms with Crippen LogP contribution in [0, 0.1) is 0 Å². The van der Waals surface area contributed by atoms with E-state index in [0.717, 1.165) is 5.69 Å². The van der Waals surface area contributed by atoms with Gasteiger partial charge in [0.05, 0.1) is 23.8 Å². The van der Waals surface area contributed by atoms with E-state index in [2.05, 4.69) is 35.9 Å². The van der Waals surface area contributed by atoms with Crippen LogP contribution in [0.3, 0.4) is 0 Å². The fourth-order valence-corrected chi connectivity index (χ4v) is 2.38. The van der Waals surface area contributed by atoms with Gasteiger partial charge >= 0.3 is 0 Å². The van der Waals surface area contributed by atoms with Crippen molar-refractivity contribution in [3.63, 3.8) is 0 Å². The molecule has 4 aromatic rings. The zero-order valence-electron chi connectivity index (χ0n) is 13.8. The van der Waals surface area contributed by atoms with Gasteiger partial charge < -0.3 is 10.6 Å². The van der Waals surface area contributed by atoms with E-state index < -0.39 is 0 Å². The van der Waals surface area contributed by atoms with Crippen molar-refractivity contribution in [1.29, 1.82) is 0 Å². The molecule has 0 atom stereocenters. The molecular weight excluding hydrogens is 332 g/mol. The predicted molar refractivity (Wildman–Crippen MR) is 96.3 cm³/mol. The lowest BCUT2D eigenvalue weighted by molar-refractivity contribution is -0.114. The Morgan fingerprint density at radius 1 is 1.04 bits per heavy atom. The molecule has 1 amide bonds. The van der Waals surface area contributed by atoms with Gasteiger partial charge in [0, 0.05) is 6.92 Å². The topological polar surface area (TPSA) is 111 Å². The molecule has 0 aliphatic rings. The van der Waals surface area contributed by atoms with E-state index >= 15 is 0 Å². The normalized spacial score (nSPS) is 10.7. The molecule has 0 fully saturated rings. The number of fused-ring (bicyclic) bond motifs is 1. The Bertz CT molecular complexity index is 1060. The van der Waals surface area contributed by atoms with E-state index in [1.165, 1.54) is 6.92 Å². The number of carbonyl (C=O) groups is 1. The van der Waals surface area contributed by atoms with E-state index in [-0.39, 0.29) is 5.91 Å². The highest BCUT2D eigenvalue weighted by atomic mass is 16.1. The standard InChI is InChI=1S/C17H14N8O/c1-11(26)20-15-8-7-12(9-18-15)21-17-19-10-14-16(22-17)25(24-23-14)13-5-3-2-4-6-13/h2-10H,1H3,(H,18,20,26)(H,19,21,22). The van der Waals surface area contributed by atoms with Crippen molar-refractivity contribution in [2.24, 2.45) is 0 Å². The minimum absolute atomic E-state index is 0.173. The van der Waals surface area contributed by atoms with E-state index in [1.54, 1.807) is 29.2 Å². The number of anilines is 3. The molecular formula is C17H14N8O. The van der Waals surface area contributed by atoms with Crippen molar-refractivity contribution in [3.05, 3.63) is 54.9 Å². The third-order valence-corrected chi connectivity index (χ3v) is 3.52. The number of rotatable bonds is 4. The maximum absolute atomic E-state index is 11.0. The molecule has 0 aliphatic carbocycles. The Labute approximate surface area is 148 Å². The summed E-state index contributed by atoms with van der Waals surface area (Å²) in [7, 11) is 0. The van der Waals surface area contributed by atoms with Gasteiger partial charge in [0.1, 0.15) is 5.82 Å². The van der Waals surface area contributed by atoms with Crippen molar-refractivity contribution < 1.29 is 4.79 Å². The second kappa shape index (κ2) is 6.55. The summed E-state index contributed by atoms with van der Waals surface area (Å²) >= 11 is 0. The minimum atomic E-state index is -0.173. The van der Waals surface area contributed by atoms with Crippen LogP contribution in [0.15, 0.2) is 54.9 Å². The number of amides is 1. The molecule has 0 radical (unpaired) electrons. The Balaban J connectivity index is 1.62. The highest BCUT2D eigenvalue weighted by Crippen LogP contribution is 2.18. The number of nitrogens with zero attached hydrogens (tertiary/aromatic N) is 6. The highest BCUT2D eigenvalue weighted by Gasteiger charge is 2.10. The number of aromatic nitrogens is 6. The molecule has 0 saturated heterocycles. The van der Waals surface area contributed by atoms with Crippen molar-refractivity contribution >= 4 is 34.5 Å². The fourth-order valence-electron chi connectivity index (χ4n) is 2.38. The van der Waals surface area contributed by atoms with Crippen LogP contribution in [0.1, 0.15) is 6.92 Å². The molecule has 0 bridgehead atoms. The predicted octanol–water partition coefficient (Wildman–Crippen LogP) is 2.31. The molecule has 4 rings (SSSR count). The lowest BCUT2D eigenvalue weighted by Crippen LogP contribution is -2.07. The summed E-state index contributed by atoms with van der Waals surface area (Å²) in [6.45, 7) is 1.43. The van der Waals surface area contributed by atoms with Gasteiger partial charge in [-0.1, -0.05) is 23.4 Å². The SMILES string of the molecule is CC(=O)Nc1ccc(Nc2ncc3nnn(-c4ccccc4)c3n2)cn1. The Hall–Kier alpha value is -3.88. The van der Waals surface area contributed by atoms with Crippen molar-refractivity contribution in [3.8, 4) is 5.69 Å². The second-order valence-corrected chi connectivity index (χ2v) is 5.48. The maximum atomic E-state index is 11.0. The number of hydrogen-bond donors (Lipinski definition) is 2. The quantitative estimate of drug-likeness (QED) is 0.583. The third kappa shape index (κ3) is 3.18. The Morgan fingerprint density at radius 3 is 2.62 bits per heavy atom. The molecule has 0 saturated carbocycles. The smallest absolute Gasteiger partial charge is 0.229 e. The van der Waals surface area contributed by atoms with E-state index in [4.69, 9.17) is 0 Å². The van der Waals surface area contributed by atoms with Gasteiger partial charge in [0.15, 0.2) is 11.2 Å². The minimum Gasteiger partial charge on any atom is -0.323 e. The summed E-state index contributed by atoms with van der Waals surface area (Å²) in [5.74, 6) is 0.700. The average Bonchev–Trinajstić information content (AvgIpc) is 3.07. The number of hydrogen-bond acceptors (Lipinski definition) is 7. The zero-order chi connectivity index (χ0) is 17.9. The van der Waals surface area contributed by atoms with Crippen LogP contribution < -0.4 is 10.6 Å². The van der Waals surface area contributed by atoms with Crippen molar-refractivity contribution in [2.75, 3.05) is 10.6 Å². The van der Waals surface area contributed by atoms with Crippen LogP contribution in [0.5, 0.6) is 0 Å². The van der Waals surface area contributed by atoms with E-state index in [9.17, 15) is 4.79 Å². The molecule has 3 aromatic heterocycles. The molecule has 2 N–H and O–H groups in total. The zero-order valence-corrected chi connectivity index (χ0v) is 13.8. The lowest BCUT2D eigenvalue weighted by atomic mass is 10.3. The van der Waals surface area contributed by atoms with Crippen LogP contribution in [0.4, 0.5) is 17.5 Å². The van der Waals surface area contributed by atoms with Gasteiger partial charge in [-0.2, -0.15) is 9.67 Å². The molecule has 0 spiro atoms. The molecule has 9 nitrogen and oxygen atoms in total. The maximum Gasteiger partial charge on any atom is 0.229 e. The first-order chi connectivity index (χ1) is 12.7. The molecule has 26 heavy (non-hydrogen) atoms. The first-order valence-corrected chi connectivity index (χ1v) is 7.83. The summed E-state index contributed by atoms with van der Waals surface area (Å²) in [4.78, 5) is 23.9. The number of benzene rings is 1. The van der Waals surface area contributed by atoms with Crippen LogP contribution in [-0.2, 0) is 4.79 Å². The van der Waals surface area contributed by atoms with Gasteiger partial charge in [-0.05, 0) is 24.3 Å². The largest absolute Gasteiger partial charge is 0.323 e. The van der Waals surface area contributed by atoms with Gasteiger partial charge in [0.25, 0.3) is 0 Å². The summed E-state index contributed by atoms with van der Waals surface area (Å²) in [6.07, 6.45) is 3.20. The van der Waals surface area contributed by atoms with Crippen LogP contribution in [0.2, 0.25) is 0 Å². The Kier molecular flexibility index (Phi) is 3.94. The van der Waals surface area contributed by atoms with E-state index in [0.29, 0.717) is 28.6 Å². The van der Waals surface area contributed by atoms with Gasteiger partial charge in [-0.3, -0.25) is 4.79 Å². The van der Waals surface area contributed by atoms with Crippen molar-refractivity contribution in [1.82, 2.24) is 29.9 Å². The lowest BCUT2D eigenvalue weighted by Gasteiger charge is -2.06. The van der Waals surface area contributed by atoms with Crippen LogP contribution in [-0.4, -0.2) is 35.9 Å². The summed E-state index contributed by atoms with van der Waals surface area (Å²) in [5.41, 5.74) is 2.74. The molecule has 3 heterocycles. The summed E-state index contributed by atoms with van der Waals surface area (Å²) < 4.78 is 1.65. The van der Waals surface area contributed by atoms with Gasteiger partial charge in [-0.15, -0.1) is 5.10 Å². The van der Waals surface area contributed by atoms with E-state index in [1.807, 2.05) is 30.3 Å². The Morgan fingerprint density at radius 2 is 1.88 bits per heavy atom. The van der Waals surface area contributed by atoms with Crippen LogP contribution in [0.25, 0.3) is 16.9 Å². The first-order valence-electron chi connectivity index (χ1n) is 7.83. The number of carbonyl (C=O) groups excluding carboxylic acids is 1. The summed E-state index contributed by atoms with van der Waals surface area (Å²) in [6, 6.07) is 13.1. The number of nitrogens with one attached hydrogen (secondary N) is 2. The second-order valence-electron chi connectivity index (χ2n) is 5.48. The number of para-hydroxylation sites is 1.